The Kier molecular flexibility index (Phi) is 6.51. The quantitative estimate of drug-likeness (QED) is 0.571. The Morgan fingerprint density at radius 2 is 2.05 bits per heavy atom. The molecule has 1 aromatic rings. The maximum absolute atomic E-state index is 12.4. The molecular weight excluding hydrogens is 345 g/mol. The van der Waals surface area contributed by atoms with Crippen LogP contribution in [0.3, 0.4) is 0 Å². The van der Waals surface area contributed by atoms with Crippen LogP contribution in [0.25, 0.3) is 0 Å². The van der Waals surface area contributed by atoms with Crippen LogP contribution in [0.1, 0.15) is 18.1 Å². The van der Waals surface area contributed by atoms with Gasteiger partial charge in [-0.25, -0.2) is 0 Å². The lowest BCUT2D eigenvalue weighted by Crippen LogP contribution is -2.12. The SMILES string of the molecule is CCOC(=O)Cc1cc(Cl)cc(CBr)c1OC(F)F. The van der Waals surface area contributed by atoms with E-state index in [4.69, 9.17) is 16.3 Å². The Balaban J connectivity index is 3.11. The first-order valence-corrected chi connectivity index (χ1v) is 6.95. The average molecular weight is 358 g/mol. The summed E-state index contributed by atoms with van der Waals surface area (Å²) in [5.74, 6) is -0.561. The highest BCUT2D eigenvalue weighted by Gasteiger charge is 2.18. The molecule has 1 rings (SSSR count). The number of rotatable bonds is 6. The summed E-state index contributed by atoms with van der Waals surface area (Å²) in [7, 11) is 0. The first-order valence-electron chi connectivity index (χ1n) is 5.45. The Morgan fingerprint density at radius 1 is 1.42 bits per heavy atom. The van der Waals surface area contributed by atoms with Crippen molar-refractivity contribution >= 4 is 33.5 Å². The van der Waals surface area contributed by atoms with Crippen LogP contribution in [0, 0.1) is 0 Å². The zero-order valence-electron chi connectivity index (χ0n) is 10.1. The molecule has 0 spiro atoms. The van der Waals surface area contributed by atoms with E-state index in [1.165, 1.54) is 12.1 Å². The van der Waals surface area contributed by atoms with Gasteiger partial charge in [-0.05, 0) is 19.1 Å². The number of carbonyl (C=O) groups is 1. The van der Waals surface area contributed by atoms with Gasteiger partial charge in [-0.1, -0.05) is 27.5 Å². The number of halogens is 4. The molecule has 0 radical (unpaired) electrons. The second-order valence-corrected chi connectivity index (χ2v) is 4.54. The van der Waals surface area contributed by atoms with Gasteiger partial charge >= 0.3 is 12.6 Å². The van der Waals surface area contributed by atoms with Crippen molar-refractivity contribution in [2.75, 3.05) is 6.61 Å². The largest absolute Gasteiger partial charge is 0.466 e. The lowest BCUT2D eigenvalue weighted by atomic mass is 10.1. The molecule has 1 aromatic carbocycles. The van der Waals surface area contributed by atoms with Gasteiger partial charge in [0.1, 0.15) is 5.75 Å². The van der Waals surface area contributed by atoms with Crippen LogP contribution in [-0.2, 0) is 21.3 Å². The van der Waals surface area contributed by atoms with Gasteiger partial charge in [0.05, 0.1) is 13.0 Å². The van der Waals surface area contributed by atoms with Crippen molar-refractivity contribution in [3.8, 4) is 5.75 Å². The topological polar surface area (TPSA) is 35.5 Å². The van der Waals surface area contributed by atoms with Crippen LogP contribution in [0.15, 0.2) is 12.1 Å². The van der Waals surface area contributed by atoms with Gasteiger partial charge in [0.2, 0.25) is 0 Å². The van der Waals surface area contributed by atoms with Crippen LogP contribution in [0.2, 0.25) is 5.02 Å². The highest BCUT2D eigenvalue weighted by atomic mass is 79.9. The minimum Gasteiger partial charge on any atom is -0.466 e. The summed E-state index contributed by atoms with van der Waals surface area (Å²) in [5, 5.41) is 0.626. The minimum atomic E-state index is -2.97. The van der Waals surface area contributed by atoms with Gasteiger partial charge in [0.15, 0.2) is 0 Å². The van der Waals surface area contributed by atoms with Crippen molar-refractivity contribution in [1.29, 1.82) is 0 Å². The third-order valence-electron chi connectivity index (χ3n) is 2.20. The van der Waals surface area contributed by atoms with E-state index in [1.807, 2.05) is 0 Å². The molecule has 106 valence electrons. The van der Waals surface area contributed by atoms with Gasteiger partial charge in [-0.15, -0.1) is 0 Å². The van der Waals surface area contributed by atoms with E-state index in [1.54, 1.807) is 6.92 Å². The van der Waals surface area contributed by atoms with Gasteiger partial charge in [0.25, 0.3) is 0 Å². The molecule has 0 N–H and O–H groups in total. The average Bonchev–Trinajstić information content (AvgIpc) is 2.31. The summed E-state index contributed by atoms with van der Waals surface area (Å²) in [6, 6.07) is 2.92. The molecule has 3 nitrogen and oxygen atoms in total. The van der Waals surface area contributed by atoms with Crippen LogP contribution in [0.4, 0.5) is 8.78 Å². The predicted octanol–water partition coefficient (Wildman–Crippen LogP) is 3.94. The lowest BCUT2D eigenvalue weighted by molar-refractivity contribution is -0.142. The summed E-state index contributed by atoms with van der Waals surface area (Å²) >= 11 is 9.05. The fourth-order valence-electron chi connectivity index (χ4n) is 1.55. The number of carbonyl (C=O) groups excluding carboxylic acids is 1. The maximum atomic E-state index is 12.4. The molecule has 0 atom stereocenters. The number of benzene rings is 1. The number of hydrogen-bond acceptors (Lipinski definition) is 3. The first-order chi connectivity index (χ1) is 8.97. The Labute approximate surface area is 123 Å². The van der Waals surface area contributed by atoms with Crippen molar-refractivity contribution in [3.05, 3.63) is 28.3 Å². The van der Waals surface area contributed by atoms with Crippen LogP contribution in [-0.4, -0.2) is 19.2 Å². The molecule has 0 amide bonds. The van der Waals surface area contributed by atoms with Crippen LogP contribution >= 0.6 is 27.5 Å². The third kappa shape index (κ3) is 4.95. The Hall–Kier alpha value is -0.880. The van der Waals surface area contributed by atoms with Crippen molar-refractivity contribution in [2.24, 2.45) is 0 Å². The molecule has 19 heavy (non-hydrogen) atoms. The zero-order valence-corrected chi connectivity index (χ0v) is 12.4. The molecule has 0 fully saturated rings. The molecule has 0 heterocycles. The van der Waals surface area contributed by atoms with Gasteiger partial charge < -0.3 is 9.47 Å². The summed E-state index contributed by atoms with van der Waals surface area (Å²) in [4.78, 5) is 11.4. The summed E-state index contributed by atoms with van der Waals surface area (Å²) in [5.41, 5.74) is 0.729. The van der Waals surface area contributed by atoms with E-state index in [0.29, 0.717) is 10.6 Å². The van der Waals surface area contributed by atoms with Crippen molar-refractivity contribution in [3.63, 3.8) is 0 Å². The summed E-state index contributed by atoms with van der Waals surface area (Å²) in [6.07, 6.45) is -0.170. The second-order valence-electron chi connectivity index (χ2n) is 3.55. The standard InChI is InChI=1S/C12H12BrClF2O3/c1-2-18-10(17)5-7-3-9(14)4-8(6-13)11(7)19-12(15)16/h3-4,12H,2,5-6H2,1H3. The fraction of sp³-hybridized carbons (Fsp3) is 0.417. The molecule has 0 aliphatic carbocycles. The third-order valence-corrected chi connectivity index (χ3v) is 3.02. The van der Waals surface area contributed by atoms with Gasteiger partial charge in [-0.3, -0.25) is 4.79 Å². The number of ether oxygens (including phenoxy) is 2. The molecule has 7 heteroatoms. The van der Waals surface area contributed by atoms with E-state index >= 15 is 0 Å². The molecule has 0 bridgehead atoms. The van der Waals surface area contributed by atoms with Crippen molar-refractivity contribution < 1.29 is 23.0 Å². The first kappa shape index (κ1) is 16.2. The maximum Gasteiger partial charge on any atom is 0.387 e. The number of esters is 1. The Morgan fingerprint density at radius 3 is 2.58 bits per heavy atom. The molecule has 0 unspecified atom stereocenters. The summed E-state index contributed by atoms with van der Waals surface area (Å²) in [6.45, 7) is -1.09. The van der Waals surface area contributed by atoms with E-state index in [9.17, 15) is 13.6 Å². The van der Waals surface area contributed by atoms with E-state index in [-0.39, 0.29) is 29.7 Å². The predicted molar refractivity (Wildman–Crippen MR) is 71.1 cm³/mol. The summed E-state index contributed by atoms with van der Waals surface area (Å²) < 4.78 is 34.1. The lowest BCUT2D eigenvalue weighted by Gasteiger charge is -2.14. The molecule has 0 aliphatic rings. The van der Waals surface area contributed by atoms with Crippen LogP contribution in [0.5, 0.6) is 5.75 Å². The highest BCUT2D eigenvalue weighted by Crippen LogP contribution is 2.32. The molecule has 0 aliphatic heterocycles. The monoisotopic (exact) mass is 356 g/mol. The van der Waals surface area contributed by atoms with E-state index < -0.39 is 12.6 Å². The fourth-order valence-corrected chi connectivity index (χ4v) is 2.23. The van der Waals surface area contributed by atoms with E-state index in [2.05, 4.69) is 20.7 Å². The highest BCUT2D eigenvalue weighted by molar-refractivity contribution is 9.08. The normalized spacial score (nSPS) is 10.6. The van der Waals surface area contributed by atoms with E-state index in [0.717, 1.165) is 0 Å². The number of alkyl halides is 3. The zero-order chi connectivity index (χ0) is 14.4. The Bertz CT molecular complexity index is 455. The molecule has 0 saturated heterocycles. The smallest absolute Gasteiger partial charge is 0.387 e. The molecule has 0 aromatic heterocycles. The van der Waals surface area contributed by atoms with Gasteiger partial charge in [0, 0.05) is 21.5 Å². The van der Waals surface area contributed by atoms with Crippen LogP contribution < -0.4 is 4.74 Å². The van der Waals surface area contributed by atoms with Gasteiger partial charge in [-0.2, -0.15) is 8.78 Å². The molecular formula is C12H12BrClF2O3. The second kappa shape index (κ2) is 7.65. The van der Waals surface area contributed by atoms with Crippen molar-refractivity contribution in [1.82, 2.24) is 0 Å². The van der Waals surface area contributed by atoms with Crippen molar-refractivity contribution in [2.45, 2.75) is 25.3 Å². The minimum absolute atomic E-state index is 0.0377. The number of hydrogen-bond donors (Lipinski definition) is 0. The molecule has 0 saturated carbocycles.